The molecule has 0 aliphatic heterocycles. The summed E-state index contributed by atoms with van der Waals surface area (Å²) in [5.41, 5.74) is 0. The molecule has 0 rings (SSSR count). The fourth-order valence-electron chi connectivity index (χ4n) is 3.61. The minimum Gasteiger partial charge on any atom is -0.377 e. The Bertz CT molecular complexity index is 508. The molecule has 0 aliphatic rings. The van der Waals surface area contributed by atoms with Gasteiger partial charge in [0.15, 0.2) is 0 Å². The smallest absolute Gasteiger partial charge is 0.133 e. The molecule has 0 amide bonds. The second kappa shape index (κ2) is 25.5. The summed E-state index contributed by atoms with van der Waals surface area (Å²) in [7, 11) is 0. The molecule has 32 heavy (non-hydrogen) atoms. The molecule has 0 saturated carbocycles. The van der Waals surface area contributed by atoms with E-state index in [4.69, 9.17) is 12.8 Å². The van der Waals surface area contributed by atoms with E-state index in [9.17, 15) is 10.2 Å². The molecule has 2 heteroatoms. The Balaban J connectivity index is 3.21. The van der Waals surface area contributed by atoms with Crippen LogP contribution in [-0.2, 0) is 0 Å². The summed E-state index contributed by atoms with van der Waals surface area (Å²) in [6, 6.07) is 0. The van der Waals surface area contributed by atoms with Crippen molar-refractivity contribution in [2.24, 2.45) is 0 Å². The van der Waals surface area contributed by atoms with E-state index in [-0.39, 0.29) is 0 Å². The molecule has 0 heterocycles. The van der Waals surface area contributed by atoms with Gasteiger partial charge in [-0.1, -0.05) is 100 Å². The van der Waals surface area contributed by atoms with Crippen LogP contribution in [0, 0.1) is 24.7 Å². The molecule has 0 aromatic carbocycles. The third-order valence-electron chi connectivity index (χ3n) is 5.63. The van der Waals surface area contributed by atoms with Crippen LogP contribution in [0.25, 0.3) is 0 Å². The van der Waals surface area contributed by atoms with E-state index >= 15 is 0 Å². The molecular formula is C30H48O2. The lowest BCUT2D eigenvalue weighted by Crippen LogP contribution is -1.95. The summed E-state index contributed by atoms with van der Waals surface area (Å²) < 4.78 is 0. The van der Waals surface area contributed by atoms with Crippen molar-refractivity contribution in [1.82, 2.24) is 0 Å². The Hall–Kier alpha value is -1.74. The zero-order chi connectivity index (χ0) is 23.5. The van der Waals surface area contributed by atoms with Gasteiger partial charge in [0, 0.05) is 0 Å². The van der Waals surface area contributed by atoms with Crippen LogP contribution in [0.1, 0.15) is 116 Å². The Morgan fingerprint density at radius 3 is 0.969 bits per heavy atom. The molecule has 0 aliphatic carbocycles. The average molecular weight is 441 g/mol. The van der Waals surface area contributed by atoms with Crippen molar-refractivity contribution in [3.8, 4) is 24.7 Å². The predicted molar refractivity (Wildman–Crippen MR) is 140 cm³/mol. The number of allylic oxidation sites excluding steroid dienone is 4. The highest BCUT2D eigenvalue weighted by Crippen LogP contribution is 2.12. The first-order valence-electron chi connectivity index (χ1n) is 13.0. The van der Waals surface area contributed by atoms with Crippen LogP contribution in [-0.4, -0.2) is 22.4 Å². The SMILES string of the molecule is C#C[C@H](O)/C=C/CCCCCCCCC/C=C\CCCCCCCCC/C=C/[C@@H](O)C#C. The van der Waals surface area contributed by atoms with Crippen LogP contribution in [0.2, 0.25) is 0 Å². The first kappa shape index (κ1) is 30.3. The molecule has 0 unspecified atom stereocenters. The Kier molecular flexibility index (Phi) is 24.1. The molecule has 0 aromatic rings. The molecular weight excluding hydrogens is 392 g/mol. The average Bonchev–Trinajstić information content (AvgIpc) is 2.81. The molecule has 2 atom stereocenters. The minimum atomic E-state index is -0.721. The maximum atomic E-state index is 9.21. The highest BCUT2D eigenvalue weighted by molar-refractivity contribution is 5.06. The van der Waals surface area contributed by atoms with Crippen molar-refractivity contribution in [2.75, 3.05) is 0 Å². The molecule has 2 nitrogen and oxygen atoms in total. The third kappa shape index (κ3) is 24.5. The Morgan fingerprint density at radius 2 is 0.688 bits per heavy atom. The van der Waals surface area contributed by atoms with E-state index in [1.807, 2.05) is 12.2 Å². The van der Waals surface area contributed by atoms with Gasteiger partial charge in [-0.15, -0.1) is 12.8 Å². The van der Waals surface area contributed by atoms with Crippen molar-refractivity contribution in [2.45, 2.75) is 128 Å². The van der Waals surface area contributed by atoms with Gasteiger partial charge in [-0.3, -0.25) is 0 Å². The summed E-state index contributed by atoms with van der Waals surface area (Å²) in [5, 5.41) is 18.4. The fourth-order valence-corrected chi connectivity index (χ4v) is 3.61. The van der Waals surface area contributed by atoms with Gasteiger partial charge in [0.25, 0.3) is 0 Å². The van der Waals surface area contributed by atoms with Gasteiger partial charge in [0.05, 0.1) is 0 Å². The van der Waals surface area contributed by atoms with E-state index in [1.165, 1.54) is 103 Å². The van der Waals surface area contributed by atoms with Gasteiger partial charge < -0.3 is 10.2 Å². The van der Waals surface area contributed by atoms with E-state index in [2.05, 4.69) is 24.0 Å². The van der Waals surface area contributed by atoms with Crippen LogP contribution >= 0.6 is 0 Å². The van der Waals surface area contributed by atoms with E-state index in [0.29, 0.717) is 0 Å². The van der Waals surface area contributed by atoms with Gasteiger partial charge >= 0.3 is 0 Å². The highest BCUT2D eigenvalue weighted by Gasteiger charge is 1.94. The van der Waals surface area contributed by atoms with Crippen LogP contribution in [0.5, 0.6) is 0 Å². The lowest BCUT2D eigenvalue weighted by atomic mass is 10.1. The Morgan fingerprint density at radius 1 is 0.438 bits per heavy atom. The lowest BCUT2D eigenvalue weighted by Gasteiger charge is -2.01. The molecule has 0 spiro atoms. The van der Waals surface area contributed by atoms with Gasteiger partial charge in [0.1, 0.15) is 12.2 Å². The van der Waals surface area contributed by atoms with Crippen molar-refractivity contribution in [3.05, 3.63) is 36.5 Å². The molecule has 0 bridgehead atoms. The summed E-state index contributed by atoms with van der Waals surface area (Å²) in [5.74, 6) is 4.57. The maximum absolute atomic E-state index is 9.21. The zero-order valence-corrected chi connectivity index (χ0v) is 20.4. The first-order valence-corrected chi connectivity index (χ1v) is 13.0. The number of hydrogen-bond donors (Lipinski definition) is 2. The van der Waals surface area contributed by atoms with Gasteiger partial charge in [-0.2, -0.15) is 0 Å². The number of aliphatic hydroxyl groups excluding tert-OH is 2. The summed E-state index contributed by atoms with van der Waals surface area (Å²) in [4.78, 5) is 0. The van der Waals surface area contributed by atoms with Crippen LogP contribution < -0.4 is 0 Å². The summed E-state index contributed by atoms with van der Waals surface area (Å²) in [6.45, 7) is 0. The number of aliphatic hydroxyl groups is 2. The normalized spacial score (nSPS) is 13.6. The first-order chi connectivity index (χ1) is 15.7. The van der Waals surface area contributed by atoms with E-state index in [0.717, 1.165) is 12.8 Å². The zero-order valence-electron chi connectivity index (χ0n) is 20.4. The maximum Gasteiger partial charge on any atom is 0.133 e. The molecule has 0 radical (unpaired) electrons. The molecule has 180 valence electrons. The van der Waals surface area contributed by atoms with Crippen LogP contribution in [0.3, 0.4) is 0 Å². The summed E-state index contributed by atoms with van der Waals surface area (Å²) in [6.07, 6.45) is 43.7. The standard InChI is InChI=1S/C30H48O2/c1-3-29(31)27-25-23-21-19-17-15-13-11-9-7-5-6-8-10-12-14-16-18-20-22-24-26-28-30(32)4-2/h1-2,5-6,25-32H,7-24H2/b6-5-,27-25+,28-26+/t29-,30-/m0/s1. The topological polar surface area (TPSA) is 40.5 Å². The van der Waals surface area contributed by atoms with Crippen molar-refractivity contribution in [3.63, 3.8) is 0 Å². The molecule has 2 N–H and O–H groups in total. The molecule has 0 aromatic heterocycles. The predicted octanol–water partition coefficient (Wildman–Crippen LogP) is 7.67. The molecule has 0 saturated heterocycles. The second-order valence-corrected chi connectivity index (χ2v) is 8.66. The number of terminal acetylenes is 2. The number of hydrogen-bond acceptors (Lipinski definition) is 2. The quantitative estimate of drug-likeness (QED) is 0.103. The van der Waals surface area contributed by atoms with Crippen LogP contribution in [0.15, 0.2) is 36.5 Å². The van der Waals surface area contributed by atoms with E-state index in [1.54, 1.807) is 12.2 Å². The van der Waals surface area contributed by atoms with Gasteiger partial charge in [-0.25, -0.2) is 0 Å². The lowest BCUT2D eigenvalue weighted by molar-refractivity contribution is 0.280. The largest absolute Gasteiger partial charge is 0.377 e. The fraction of sp³-hybridized carbons (Fsp3) is 0.667. The van der Waals surface area contributed by atoms with Crippen molar-refractivity contribution < 1.29 is 10.2 Å². The monoisotopic (exact) mass is 440 g/mol. The second-order valence-electron chi connectivity index (χ2n) is 8.66. The highest BCUT2D eigenvalue weighted by atomic mass is 16.3. The summed E-state index contributed by atoms with van der Waals surface area (Å²) >= 11 is 0. The number of unbranched alkanes of at least 4 members (excludes halogenated alkanes) is 16. The number of rotatable bonds is 22. The van der Waals surface area contributed by atoms with E-state index < -0.39 is 12.2 Å². The van der Waals surface area contributed by atoms with Gasteiger partial charge in [-0.05, 0) is 63.5 Å². The van der Waals surface area contributed by atoms with Crippen LogP contribution in [0.4, 0.5) is 0 Å². The van der Waals surface area contributed by atoms with Crippen molar-refractivity contribution >= 4 is 0 Å². The molecule has 0 fully saturated rings. The third-order valence-corrected chi connectivity index (χ3v) is 5.63. The van der Waals surface area contributed by atoms with Gasteiger partial charge in [0.2, 0.25) is 0 Å². The van der Waals surface area contributed by atoms with Crippen molar-refractivity contribution in [1.29, 1.82) is 0 Å². The minimum absolute atomic E-state index is 0.721. The Labute approximate surface area is 199 Å².